The average Bonchev–Trinajstić information content (AvgIpc) is 3.37. The number of nitrogen functional groups attached to an aromatic ring is 1. The van der Waals surface area contributed by atoms with Crippen molar-refractivity contribution in [3.05, 3.63) is 46.5 Å². The van der Waals surface area contributed by atoms with Crippen LogP contribution in [-0.2, 0) is 22.6 Å². The lowest BCUT2D eigenvalue weighted by Crippen LogP contribution is -2.54. The molecule has 1 aromatic carbocycles. The molecule has 1 aliphatic carbocycles. The van der Waals surface area contributed by atoms with Gasteiger partial charge >= 0.3 is 0 Å². The van der Waals surface area contributed by atoms with Gasteiger partial charge in [-0.2, -0.15) is 0 Å². The lowest BCUT2D eigenvalue weighted by molar-refractivity contribution is -0.147. The van der Waals surface area contributed by atoms with Gasteiger partial charge in [0.1, 0.15) is 6.10 Å². The molecule has 9 nitrogen and oxygen atoms in total. The van der Waals surface area contributed by atoms with Gasteiger partial charge in [-0.15, -0.1) is 11.3 Å². The van der Waals surface area contributed by atoms with E-state index in [-0.39, 0.29) is 43.7 Å². The molecule has 3 rings (SSSR count). The van der Waals surface area contributed by atoms with Crippen molar-refractivity contribution in [2.45, 2.75) is 123 Å². The Morgan fingerprint density at radius 1 is 1.16 bits per heavy atom. The minimum Gasteiger partial charge on any atom is -0.390 e. The first kappa shape index (κ1) is 35.9. The first-order valence-electron chi connectivity index (χ1n) is 16.1. The van der Waals surface area contributed by atoms with Gasteiger partial charge in [-0.3, -0.25) is 9.59 Å². The van der Waals surface area contributed by atoms with Crippen molar-refractivity contribution in [2.24, 2.45) is 17.8 Å². The number of nitrogens with zero attached hydrogens (tertiary/aromatic N) is 2. The number of aromatic nitrogens is 1. The quantitative estimate of drug-likeness (QED) is 0.182. The van der Waals surface area contributed by atoms with E-state index < -0.39 is 29.8 Å². The first-order chi connectivity index (χ1) is 20.7. The largest absolute Gasteiger partial charge is 0.390 e. The number of anilines is 1. The van der Waals surface area contributed by atoms with Gasteiger partial charge in [-0.25, -0.2) is 4.98 Å². The van der Waals surface area contributed by atoms with E-state index in [0.29, 0.717) is 29.6 Å². The summed E-state index contributed by atoms with van der Waals surface area (Å²) in [7, 11) is 0. The highest BCUT2D eigenvalue weighted by Crippen LogP contribution is 2.33. The molecule has 1 aromatic heterocycles. The summed E-state index contributed by atoms with van der Waals surface area (Å²) < 4.78 is 0. The van der Waals surface area contributed by atoms with Gasteiger partial charge in [0.05, 0.1) is 29.4 Å². The van der Waals surface area contributed by atoms with Crippen LogP contribution in [0.3, 0.4) is 0 Å². The van der Waals surface area contributed by atoms with Crippen molar-refractivity contribution >= 4 is 28.3 Å². The molecule has 4 atom stereocenters. The average molecular weight is 631 g/mol. The van der Waals surface area contributed by atoms with Crippen LogP contribution >= 0.6 is 11.3 Å². The second-order valence-corrected chi connectivity index (χ2v) is 14.6. The van der Waals surface area contributed by atoms with Crippen LogP contribution < -0.4 is 11.1 Å². The van der Waals surface area contributed by atoms with Gasteiger partial charge in [0, 0.05) is 31.3 Å². The molecule has 1 fully saturated rings. The van der Waals surface area contributed by atoms with Crippen LogP contribution in [0.25, 0.3) is 0 Å². The van der Waals surface area contributed by atoms with Crippen LogP contribution in [-0.4, -0.2) is 67.4 Å². The molecule has 2 aromatic rings. The van der Waals surface area contributed by atoms with Crippen molar-refractivity contribution in [1.82, 2.24) is 15.2 Å². The van der Waals surface area contributed by atoms with E-state index in [1.807, 2.05) is 45.0 Å². The van der Waals surface area contributed by atoms with Crippen LogP contribution in [0.2, 0.25) is 0 Å². The number of carbonyl (C=O) groups is 2. The zero-order valence-corrected chi connectivity index (χ0v) is 28.0. The van der Waals surface area contributed by atoms with E-state index in [1.165, 1.54) is 17.8 Å². The minimum atomic E-state index is -1.15. The molecular formula is C34H54N4O5S. The Labute approximate surface area is 267 Å². The number of rotatable bonds is 16. The number of aliphatic hydroxyl groups is 3. The number of amides is 2. The summed E-state index contributed by atoms with van der Waals surface area (Å²) in [6, 6.07) is 7.23. The molecule has 1 heterocycles. The molecule has 246 valence electrons. The molecule has 0 saturated heterocycles. The molecule has 1 aliphatic rings. The Balaban J connectivity index is 2.04. The fourth-order valence-electron chi connectivity index (χ4n) is 6.18. The number of carbonyl (C=O) groups excluding carboxylic acids is 2. The maximum absolute atomic E-state index is 14.8. The summed E-state index contributed by atoms with van der Waals surface area (Å²) in [5, 5.41) is 38.1. The van der Waals surface area contributed by atoms with E-state index in [2.05, 4.69) is 10.3 Å². The monoisotopic (exact) mass is 630 g/mol. The van der Waals surface area contributed by atoms with Crippen LogP contribution in [0.1, 0.15) is 95.9 Å². The Bertz CT molecular complexity index is 1190. The molecule has 44 heavy (non-hydrogen) atoms. The fourth-order valence-corrected chi connectivity index (χ4v) is 6.76. The molecule has 6 N–H and O–H groups in total. The second kappa shape index (κ2) is 16.7. The molecule has 0 aliphatic heterocycles. The maximum Gasteiger partial charge on any atom is 0.227 e. The highest BCUT2D eigenvalue weighted by molar-refractivity contribution is 7.13. The summed E-state index contributed by atoms with van der Waals surface area (Å²) in [5.74, 6) is -0.916. The SMILES string of the molecule is Cc1ccccc1CN(C(=O)[C@@H](CC(=O)NCC(C)(C)O)Cc1csc(N)n1)[C@@H](CC1CCCCC1)[C@@H](O)[C@@H](O)CC(C)C. The zero-order chi connectivity index (χ0) is 32.4. The summed E-state index contributed by atoms with van der Waals surface area (Å²) in [6.07, 6.45) is 4.40. The first-order valence-corrected chi connectivity index (χ1v) is 17.0. The number of hydrogen-bond donors (Lipinski definition) is 5. The standard InChI is InChI=1S/C34H54N4O5S/c1-22(2)15-29(39)31(41)28(16-24-12-7-6-8-13-24)38(19-25-14-10-9-11-23(25)3)32(42)26(17-27-20-44-33(35)37-27)18-30(40)36-21-34(4,5)43/h9-11,14,20,22,24,26,28-29,31,39,41,43H,6-8,12-13,15-19,21H2,1-5H3,(H2,35,37)(H,36,40)/t26-,28+,29+,31-/m1/s1. The van der Waals surface area contributed by atoms with Gasteiger partial charge in [0.2, 0.25) is 11.8 Å². The molecule has 10 heteroatoms. The lowest BCUT2D eigenvalue weighted by Gasteiger charge is -2.41. The summed E-state index contributed by atoms with van der Waals surface area (Å²) in [5.41, 5.74) is 7.41. The molecule has 1 saturated carbocycles. The summed E-state index contributed by atoms with van der Waals surface area (Å²) in [4.78, 5) is 34.1. The Morgan fingerprint density at radius 3 is 2.43 bits per heavy atom. The third-order valence-corrected chi connectivity index (χ3v) is 9.33. The zero-order valence-electron chi connectivity index (χ0n) is 27.2. The van der Waals surface area contributed by atoms with Gasteiger partial charge < -0.3 is 31.3 Å². The fraction of sp³-hybridized carbons (Fsp3) is 0.676. The Kier molecular flexibility index (Phi) is 13.6. The van der Waals surface area contributed by atoms with Crippen LogP contribution in [0.5, 0.6) is 0 Å². The van der Waals surface area contributed by atoms with Gasteiger partial charge in [-0.1, -0.05) is 70.2 Å². The van der Waals surface area contributed by atoms with E-state index in [0.717, 1.165) is 36.8 Å². The highest BCUT2D eigenvalue weighted by Gasteiger charge is 2.39. The predicted octanol–water partition coefficient (Wildman–Crippen LogP) is 4.61. The maximum atomic E-state index is 14.8. The number of thiazole rings is 1. The lowest BCUT2D eigenvalue weighted by atomic mass is 9.81. The summed E-state index contributed by atoms with van der Waals surface area (Å²) in [6.45, 7) is 9.52. The number of hydrogen-bond acceptors (Lipinski definition) is 8. The Hall–Kier alpha value is -2.53. The van der Waals surface area contributed by atoms with Crippen LogP contribution in [0.4, 0.5) is 5.13 Å². The van der Waals surface area contributed by atoms with Crippen LogP contribution in [0, 0.1) is 24.7 Å². The van der Waals surface area contributed by atoms with Gasteiger partial charge in [0.15, 0.2) is 5.13 Å². The smallest absolute Gasteiger partial charge is 0.227 e. The van der Waals surface area contributed by atoms with E-state index in [4.69, 9.17) is 5.73 Å². The molecule has 0 unspecified atom stereocenters. The number of nitrogens with two attached hydrogens (primary N) is 1. The summed E-state index contributed by atoms with van der Waals surface area (Å²) >= 11 is 1.28. The van der Waals surface area contributed by atoms with Crippen molar-refractivity contribution in [3.63, 3.8) is 0 Å². The number of benzene rings is 1. The van der Waals surface area contributed by atoms with Crippen molar-refractivity contribution in [1.29, 1.82) is 0 Å². The number of aryl methyl sites for hydroxylation is 1. The van der Waals surface area contributed by atoms with Crippen molar-refractivity contribution < 1.29 is 24.9 Å². The number of aliphatic hydroxyl groups excluding tert-OH is 2. The van der Waals surface area contributed by atoms with Crippen molar-refractivity contribution in [2.75, 3.05) is 12.3 Å². The number of nitrogens with one attached hydrogen (secondary N) is 1. The topological polar surface area (TPSA) is 149 Å². The van der Waals surface area contributed by atoms with E-state index >= 15 is 0 Å². The molecule has 0 bridgehead atoms. The minimum absolute atomic E-state index is 0.0493. The third-order valence-electron chi connectivity index (χ3n) is 8.61. The van der Waals surface area contributed by atoms with Gasteiger partial charge in [0.25, 0.3) is 0 Å². The second-order valence-electron chi connectivity index (χ2n) is 13.8. The molecular weight excluding hydrogens is 576 g/mol. The predicted molar refractivity (Wildman–Crippen MR) is 176 cm³/mol. The Morgan fingerprint density at radius 2 is 1.84 bits per heavy atom. The molecule has 0 spiro atoms. The van der Waals surface area contributed by atoms with E-state index in [1.54, 1.807) is 24.1 Å². The molecule has 0 radical (unpaired) electrons. The van der Waals surface area contributed by atoms with Crippen molar-refractivity contribution in [3.8, 4) is 0 Å². The normalized spacial score (nSPS) is 17.2. The molecule has 2 amide bonds. The van der Waals surface area contributed by atoms with E-state index in [9.17, 15) is 24.9 Å². The van der Waals surface area contributed by atoms with Crippen LogP contribution in [0.15, 0.2) is 29.6 Å². The highest BCUT2D eigenvalue weighted by atomic mass is 32.1. The van der Waals surface area contributed by atoms with Gasteiger partial charge in [-0.05, 0) is 56.6 Å². The third kappa shape index (κ3) is 11.4.